The summed E-state index contributed by atoms with van der Waals surface area (Å²) in [6.45, 7) is 11.1. The lowest BCUT2D eigenvalue weighted by Gasteiger charge is -2.34. The first-order chi connectivity index (χ1) is 14.4. The number of piperazine rings is 1. The third kappa shape index (κ3) is 4.81. The lowest BCUT2D eigenvalue weighted by molar-refractivity contribution is 0.0128. The van der Waals surface area contributed by atoms with Crippen LogP contribution in [-0.2, 0) is 4.74 Å². The summed E-state index contributed by atoms with van der Waals surface area (Å²) in [4.78, 5) is 16.5. The Morgan fingerprint density at radius 3 is 2.30 bits per heavy atom. The molecule has 2 aromatic rings. The van der Waals surface area contributed by atoms with Crippen molar-refractivity contribution in [3.63, 3.8) is 0 Å². The molecule has 2 aromatic carbocycles. The molecule has 6 nitrogen and oxygen atoms in total. The second-order valence-electron chi connectivity index (χ2n) is 9.15. The number of hydrogen-bond donors (Lipinski definition) is 1. The van der Waals surface area contributed by atoms with Gasteiger partial charge in [-0.2, -0.15) is 0 Å². The first kappa shape index (κ1) is 20.8. The van der Waals surface area contributed by atoms with Crippen molar-refractivity contribution in [2.45, 2.75) is 45.3 Å². The molecule has 2 aliphatic rings. The van der Waals surface area contributed by atoms with Crippen molar-refractivity contribution in [3.05, 3.63) is 36.4 Å². The van der Waals surface area contributed by atoms with E-state index in [0.717, 1.165) is 50.2 Å². The van der Waals surface area contributed by atoms with Gasteiger partial charge in [-0.15, -0.1) is 0 Å². The quantitative estimate of drug-likeness (QED) is 0.827. The Bertz CT molecular complexity index is 879. The Hall–Kier alpha value is -2.47. The van der Waals surface area contributed by atoms with Crippen molar-refractivity contribution in [2.24, 2.45) is 0 Å². The van der Waals surface area contributed by atoms with Crippen molar-refractivity contribution in [1.82, 2.24) is 10.2 Å². The molecule has 0 unspecified atom stereocenters. The van der Waals surface area contributed by atoms with E-state index in [-0.39, 0.29) is 12.2 Å². The van der Waals surface area contributed by atoms with Crippen LogP contribution in [-0.4, -0.2) is 62.0 Å². The molecule has 2 fully saturated rings. The lowest BCUT2D eigenvalue weighted by atomic mass is 10.0. The average Bonchev–Trinajstić information content (AvgIpc) is 2.74. The Morgan fingerprint density at radius 2 is 1.63 bits per heavy atom. The highest BCUT2D eigenvalue weighted by atomic mass is 16.6. The van der Waals surface area contributed by atoms with Gasteiger partial charge in [0.25, 0.3) is 0 Å². The number of likely N-dealkylation sites (tertiary alicyclic amines) is 1. The smallest absolute Gasteiger partial charge is 0.410 e. The zero-order valence-electron chi connectivity index (χ0n) is 18.3. The van der Waals surface area contributed by atoms with E-state index in [1.165, 1.54) is 11.1 Å². The third-order valence-electron chi connectivity index (χ3n) is 5.71. The molecule has 162 valence electrons. The summed E-state index contributed by atoms with van der Waals surface area (Å²) in [6, 6.07) is 12.8. The molecule has 6 heteroatoms. The lowest BCUT2D eigenvalue weighted by Crippen LogP contribution is -2.44. The minimum absolute atomic E-state index is 0.108. The predicted molar refractivity (Wildman–Crippen MR) is 120 cm³/mol. The largest absolute Gasteiger partial charge is 0.490 e. The van der Waals surface area contributed by atoms with Crippen LogP contribution in [0.2, 0.25) is 0 Å². The molecular formula is C24H33N3O3. The van der Waals surface area contributed by atoms with Crippen molar-refractivity contribution in [2.75, 3.05) is 44.2 Å². The maximum Gasteiger partial charge on any atom is 0.410 e. The highest BCUT2D eigenvalue weighted by molar-refractivity contribution is 5.98. The van der Waals surface area contributed by atoms with E-state index in [0.29, 0.717) is 13.1 Å². The van der Waals surface area contributed by atoms with Crippen LogP contribution < -0.4 is 15.0 Å². The number of nitrogens with one attached hydrogen (secondary N) is 1. The molecular weight excluding hydrogens is 378 g/mol. The molecule has 0 atom stereocenters. The molecule has 2 heterocycles. The standard InChI is InChI=1S/C24H33N3O3/c1-24(2,3)30-23(28)27-14-10-18(11-15-27)29-22-9-8-21(26-16-12-25-13-17-26)19-6-4-5-7-20(19)22/h4-9,18,25H,10-17H2,1-3H3. The fourth-order valence-corrected chi connectivity index (χ4v) is 4.20. The van der Waals surface area contributed by atoms with E-state index in [1.807, 2.05) is 20.8 Å². The molecule has 0 saturated carbocycles. The van der Waals surface area contributed by atoms with E-state index in [1.54, 1.807) is 4.90 Å². The average molecular weight is 412 g/mol. The summed E-state index contributed by atoms with van der Waals surface area (Å²) in [5, 5.41) is 5.81. The number of rotatable bonds is 3. The molecule has 0 spiro atoms. The first-order valence-electron chi connectivity index (χ1n) is 11.0. The molecule has 0 radical (unpaired) electrons. The third-order valence-corrected chi connectivity index (χ3v) is 5.71. The maximum absolute atomic E-state index is 12.3. The van der Waals surface area contributed by atoms with Crippen LogP contribution in [0, 0.1) is 0 Å². The fourth-order valence-electron chi connectivity index (χ4n) is 4.20. The van der Waals surface area contributed by atoms with E-state index >= 15 is 0 Å². The molecule has 30 heavy (non-hydrogen) atoms. The number of carbonyl (C=O) groups is 1. The van der Waals surface area contributed by atoms with Crippen LogP contribution in [0.25, 0.3) is 10.8 Å². The van der Waals surface area contributed by atoms with E-state index < -0.39 is 5.60 Å². The monoisotopic (exact) mass is 411 g/mol. The number of fused-ring (bicyclic) bond motifs is 1. The van der Waals surface area contributed by atoms with E-state index in [9.17, 15) is 4.79 Å². The molecule has 4 rings (SSSR count). The van der Waals surface area contributed by atoms with Crippen LogP contribution in [0.3, 0.4) is 0 Å². The van der Waals surface area contributed by atoms with Gasteiger partial charge in [0.1, 0.15) is 17.5 Å². The molecule has 1 N–H and O–H groups in total. The Kier molecular flexibility index (Phi) is 6.04. The highest BCUT2D eigenvalue weighted by Crippen LogP contribution is 2.35. The van der Waals surface area contributed by atoms with Gasteiger partial charge in [-0.1, -0.05) is 24.3 Å². The Labute approximate surface area is 179 Å². The number of carbonyl (C=O) groups excluding carboxylic acids is 1. The number of amides is 1. The first-order valence-corrected chi connectivity index (χ1v) is 11.0. The van der Waals surface area contributed by atoms with Gasteiger partial charge < -0.3 is 24.6 Å². The normalized spacial score (nSPS) is 18.5. The highest BCUT2D eigenvalue weighted by Gasteiger charge is 2.28. The fraction of sp³-hybridized carbons (Fsp3) is 0.542. The van der Waals surface area contributed by atoms with Gasteiger partial charge in [-0.3, -0.25) is 0 Å². The molecule has 0 bridgehead atoms. The second-order valence-corrected chi connectivity index (χ2v) is 9.15. The van der Waals surface area contributed by atoms with Crippen molar-refractivity contribution in [3.8, 4) is 5.75 Å². The SMILES string of the molecule is CC(C)(C)OC(=O)N1CCC(Oc2ccc(N3CCNCC3)c3ccccc23)CC1. The second kappa shape index (κ2) is 8.72. The van der Waals surface area contributed by atoms with Gasteiger partial charge in [-0.05, 0) is 32.9 Å². The summed E-state index contributed by atoms with van der Waals surface area (Å²) in [6.07, 6.45) is 1.50. The number of hydrogen-bond acceptors (Lipinski definition) is 5. The van der Waals surface area contributed by atoms with Crippen LogP contribution >= 0.6 is 0 Å². The van der Waals surface area contributed by atoms with Crippen LogP contribution in [0.4, 0.5) is 10.5 Å². The van der Waals surface area contributed by atoms with Crippen molar-refractivity contribution < 1.29 is 14.3 Å². The van der Waals surface area contributed by atoms with Gasteiger partial charge >= 0.3 is 6.09 Å². The summed E-state index contributed by atoms with van der Waals surface area (Å²) in [5.74, 6) is 0.931. The number of anilines is 1. The summed E-state index contributed by atoms with van der Waals surface area (Å²) < 4.78 is 11.9. The Balaban J connectivity index is 1.44. The molecule has 0 aliphatic carbocycles. The molecule has 2 saturated heterocycles. The summed E-state index contributed by atoms with van der Waals surface area (Å²) in [7, 11) is 0. The van der Waals surface area contributed by atoms with E-state index in [4.69, 9.17) is 9.47 Å². The van der Waals surface area contributed by atoms with Crippen molar-refractivity contribution >= 4 is 22.6 Å². The van der Waals surface area contributed by atoms with Gasteiger partial charge in [0.15, 0.2) is 0 Å². The molecule has 1 amide bonds. The Morgan fingerprint density at radius 1 is 0.967 bits per heavy atom. The summed E-state index contributed by atoms with van der Waals surface area (Å²) in [5.41, 5.74) is 0.814. The van der Waals surface area contributed by atoms with Gasteiger partial charge in [0.05, 0.1) is 0 Å². The zero-order chi connectivity index (χ0) is 21.1. The van der Waals surface area contributed by atoms with Crippen LogP contribution in [0.15, 0.2) is 36.4 Å². The van der Waals surface area contributed by atoms with E-state index in [2.05, 4.69) is 46.6 Å². The number of benzene rings is 2. The van der Waals surface area contributed by atoms with Crippen LogP contribution in [0.5, 0.6) is 5.75 Å². The van der Waals surface area contributed by atoms with Crippen LogP contribution in [0.1, 0.15) is 33.6 Å². The predicted octanol–water partition coefficient (Wildman–Crippen LogP) is 4.03. The topological polar surface area (TPSA) is 54.0 Å². The van der Waals surface area contributed by atoms with Gasteiger partial charge in [0.2, 0.25) is 0 Å². The number of piperidine rings is 1. The molecule has 0 aromatic heterocycles. The minimum atomic E-state index is -0.463. The van der Waals surface area contributed by atoms with Gasteiger partial charge in [0, 0.05) is 68.6 Å². The van der Waals surface area contributed by atoms with Crippen molar-refractivity contribution in [1.29, 1.82) is 0 Å². The minimum Gasteiger partial charge on any atom is -0.490 e. The van der Waals surface area contributed by atoms with Gasteiger partial charge in [-0.25, -0.2) is 4.79 Å². The molecule has 2 aliphatic heterocycles. The maximum atomic E-state index is 12.3. The number of ether oxygens (including phenoxy) is 2. The summed E-state index contributed by atoms with van der Waals surface area (Å²) >= 11 is 0. The zero-order valence-corrected chi connectivity index (χ0v) is 18.3. The number of nitrogens with zero attached hydrogens (tertiary/aromatic N) is 2.